The number of ether oxygens (including phenoxy) is 1. The molecule has 1 aromatic rings. The highest BCUT2D eigenvalue weighted by molar-refractivity contribution is 7.89. The van der Waals surface area contributed by atoms with Gasteiger partial charge in [0.15, 0.2) is 0 Å². The second-order valence-corrected chi connectivity index (χ2v) is 10.6. The van der Waals surface area contributed by atoms with Crippen LogP contribution >= 0.6 is 0 Å². The van der Waals surface area contributed by atoms with Crippen molar-refractivity contribution in [1.82, 2.24) is 9.21 Å². The number of aliphatic hydroxyl groups is 1. The largest absolute Gasteiger partial charge is 0.487 e. The Hall–Kier alpha value is -1.41. The molecule has 0 saturated carbocycles. The number of hydrogen-bond donors (Lipinski definition) is 1. The van der Waals surface area contributed by atoms with Gasteiger partial charge in [-0.05, 0) is 69.5 Å². The summed E-state index contributed by atoms with van der Waals surface area (Å²) < 4.78 is 34.9. The molecule has 0 saturated heterocycles. The van der Waals surface area contributed by atoms with Crippen molar-refractivity contribution in [2.45, 2.75) is 63.5 Å². The van der Waals surface area contributed by atoms with Crippen molar-refractivity contribution in [3.05, 3.63) is 29.8 Å². The fourth-order valence-electron chi connectivity index (χ4n) is 4.36. The van der Waals surface area contributed by atoms with Gasteiger partial charge in [0.2, 0.25) is 10.0 Å². The second-order valence-electron chi connectivity index (χ2n) is 8.79. The lowest BCUT2D eigenvalue weighted by Gasteiger charge is -2.37. The zero-order valence-electron chi connectivity index (χ0n) is 18.7. The fraction of sp³-hybridized carbons (Fsp3) is 0.652. The van der Waals surface area contributed by atoms with Crippen LogP contribution < -0.4 is 4.74 Å². The lowest BCUT2D eigenvalue weighted by Crippen LogP contribution is -2.49. The zero-order chi connectivity index (χ0) is 21.9. The number of likely N-dealkylation sites (N-methyl/N-ethyl adjacent to an activating group) is 1. The average molecular weight is 437 g/mol. The highest BCUT2D eigenvalue weighted by Crippen LogP contribution is 2.37. The summed E-state index contributed by atoms with van der Waals surface area (Å²) in [4.78, 5) is 2.43. The van der Waals surface area contributed by atoms with E-state index < -0.39 is 16.1 Å². The van der Waals surface area contributed by atoms with Crippen LogP contribution in [0.25, 0.3) is 5.57 Å². The minimum Gasteiger partial charge on any atom is -0.487 e. The standard InChI is InChI=1S/C23H36N2O4S/c1-5-12-24(4)15-22-17(2)14-25(18(3)16-26)30(27,28)23-11-10-20(13-21(23)29-22)19-8-6-7-9-19/h8,10-11,13,17-18,22,26H,5-7,9,12,14-16H2,1-4H3/t17-,18+,22+/m0/s1. The first-order chi connectivity index (χ1) is 14.3. The van der Waals surface area contributed by atoms with Crippen molar-refractivity contribution in [2.24, 2.45) is 5.92 Å². The minimum atomic E-state index is -3.77. The van der Waals surface area contributed by atoms with Crippen molar-refractivity contribution in [3.8, 4) is 5.75 Å². The number of rotatable bonds is 7. The maximum Gasteiger partial charge on any atom is 0.247 e. The summed E-state index contributed by atoms with van der Waals surface area (Å²) in [6.07, 6.45) is 6.35. The Labute approximate surface area is 181 Å². The first-order valence-electron chi connectivity index (χ1n) is 11.1. The third-order valence-electron chi connectivity index (χ3n) is 6.18. The van der Waals surface area contributed by atoms with Crippen LogP contribution in [0.15, 0.2) is 29.2 Å². The van der Waals surface area contributed by atoms with Gasteiger partial charge in [0.1, 0.15) is 16.7 Å². The van der Waals surface area contributed by atoms with E-state index in [-0.39, 0.29) is 23.5 Å². The molecule has 1 aliphatic heterocycles. The summed E-state index contributed by atoms with van der Waals surface area (Å²) in [6.45, 7) is 7.72. The maximum absolute atomic E-state index is 13.5. The van der Waals surface area contributed by atoms with E-state index in [1.807, 2.05) is 19.1 Å². The molecule has 2 aliphatic rings. The maximum atomic E-state index is 13.5. The second kappa shape index (κ2) is 9.81. The van der Waals surface area contributed by atoms with Crippen molar-refractivity contribution in [1.29, 1.82) is 0 Å². The van der Waals surface area contributed by atoms with Crippen LogP contribution in [0.1, 0.15) is 52.0 Å². The molecule has 1 N–H and O–H groups in total. The Balaban J connectivity index is 2.06. The molecular weight excluding hydrogens is 400 g/mol. The van der Waals surface area contributed by atoms with Gasteiger partial charge < -0.3 is 14.7 Å². The molecule has 1 heterocycles. The van der Waals surface area contributed by atoms with Gasteiger partial charge in [-0.15, -0.1) is 0 Å². The highest BCUT2D eigenvalue weighted by atomic mass is 32.2. The van der Waals surface area contributed by atoms with Gasteiger partial charge in [0.05, 0.1) is 6.61 Å². The van der Waals surface area contributed by atoms with E-state index in [0.29, 0.717) is 12.3 Å². The van der Waals surface area contributed by atoms with Crippen LogP contribution in [0.4, 0.5) is 0 Å². The van der Waals surface area contributed by atoms with Gasteiger partial charge >= 0.3 is 0 Å². The Kier molecular flexibility index (Phi) is 7.61. The molecule has 6 nitrogen and oxygen atoms in total. The molecule has 0 spiro atoms. The zero-order valence-corrected chi connectivity index (χ0v) is 19.5. The summed E-state index contributed by atoms with van der Waals surface area (Å²) in [5, 5.41) is 9.73. The number of benzene rings is 1. The van der Waals surface area contributed by atoms with Crippen molar-refractivity contribution < 1.29 is 18.3 Å². The Bertz CT molecular complexity index is 868. The van der Waals surface area contributed by atoms with Crippen molar-refractivity contribution >= 4 is 15.6 Å². The van der Waals surface area contributed by atoms with Crippen molar-refractivity contribution in [3.63, 3.8) is 0 Å². The number of allylic oxidation sites excluding steroid dienone is 2. The number of fused-ring (bicyclic) bond motifs is 1. The summed E-state index contributed by atoms with van der Waals surface area (Å²) in [5.41, 5.74) is 2.30. The van der Waals surface area contributed by atoms with Gasteiger partial charge in [-0.1, -0.05) is 26.0 Å². The van der Waals surface area contributed by atoms with Crippen LogP contribution in [0.3, 0.4) is 0 Å². The van der Waals surface area contributed by atoms with Gasteiger partial charge in [-0.25, -0.2) is 8.42 Å². The molecule has 3 atom stereocenters. The number of aliphatic hydroxyl groups excluding tert-OH is 1. The smallest absolute Gasteiger partial charge is 0.247 e. The average Bonchev–Trinajstić information content (AvgIpc) is 3.25. The van der Waals surface area contributed by atoms with E-state index in [0.717, 1.165) is 44.3 Å². The SMILES string of the molecule is CCCN(C)C[C@H]1Oc2cc(C3=CCCC3)ccc2S(=O)(=O)N([C@H](C)CO)C[C@@H]1C. The lowest BCUT2D eigenvalue weighted by atomic mass is 10.0. The van der Waals surface area contributed by atoms with Crippen LogP contribution in [0.2, 0.25) is 0 Å². The van der Waals surface area contributed by atoms with Gasteiger partial charge in [0.25, 0.3) is 0 Å². The van der Waals surface area contributed by atoms with E-state index >= 15 is 0 Å². The molecule has 3 rings (SSSR count). The molecule has 1 aromatic carbocycles. The lowest BCUT2D eigenvalue weighted by molar-refractivity contribution is 0.0752. The van der Waals surface area contributed by atoms with E-state index in [2.05, 4.69) is 24.9 Å². The van der Waals surface area contributed by atoms with Crippen LogP contribution in [-0.4, -0.2) is 68.2 Å². The molecule has 30 heavy (non-hydrogen) atoms. The molecule has 0 aromatic heterocycles. The van der Waals surface area contributed by atoms with Crippen molar-refractivity contribution in [2.75, 3.05) is 33.3 Å². The minimum absolute atomic E-state index is 0.0180. The monoisotopic (exact) mass is 436 g/mol. The predicted octanol–water partition coefficient (Wildman–Crippen LogP) is 3.36. The molecule has 0 bridgehead atoms. The summed E-state index contributed by atoms with van der Waals surface area (Å²) in [7, 11) is -1.70. The van der Waals surface area contributed by atoms with E-state index in [1.54, 1.807) is 13.0 Å². The van der Waals surface area contributed by atoms with Gasteiger partial charge in [0, 0.05) is 25.0 Å². The number of nitrogens with zero attached hydrogens (tertiary/aromatic N) is 2. The highest BCUT2D eigenvalue weighted by Gasteiger charge is 2.38. The topological polar surface area (TPSA) is 70.1 Å². The quantitative estimate of drug-likeness (QED) is 0.710. The van der Waals surface area contributed by atoms with Crippen LogP contribution in [0.5, 0.6) is 5.75 Å². The van der Waals surface area contributed by atoms with E-state index in [4.69, 9.17) is 4.74 Å². The molecule has 0 fully saturated rings. The summed E-state index contributed by atoms with van der Waals surface area (Å²) in [5.74, 6) is 0.410. The van der Waals surface area contributed by atoms with E-state index in [1.165, 1.54) is 9.88 Å². The Morgan fingerprint density at radius 1 is 1.37 bits per heavy atom. The first-order valence-corrected chi connectivity index (χ1v) is 12.5. The molecule has 0 radical (unpaired) electrons. The molecule has 0 amide bonds. The third-order valence-corrected chi connectivity index (χ3v) is 8.20. The molecule has 0 unspecified atom stereocenters. The number of hydrogen-bond acceptors (Lipinski definition) is 5. The summed E-state index contributed by atoms with van der Waals surface area (Å²) >= 11 is 0. The Morgan fingerprint density at radius 3 is 2.77 bits per heavy atom. The fourth-order valence-corrected chi connectivity index (χ4v) is 6.18. The molecule has 7 heteroatoms. The first kappa shape index (κ1) is 23.3. The molecule has 1 aliphatic carbocycles. The van der Waals surface area contributed by atoms with Gasteiger partial charge in [-0.3, -0.25) is 0 Å². The van der Waals surface area contributed by atoms with Gasteiger partial charge in [-0.2, -0.15) is 4.31 Å². The van der Waals surface area contributed by atoms with Crippen LogP contribution in [0, 0.1) is 5.92 Å². The van der Waals surface area contributed by atoms with Crippen LogP contribution in [-0.2, 0) is 10.0 Å². The third kappa shape index (κ3) is 4.90. The number of sulfonamides is 1. The molecule has 168 valence electrons. The Morgan fingerprint density at radius 2 is 2.13 bits per heavy atom. The predicted molar refractivity (Wildman–Crippen MR) is 120 cm³/mol. The van der Waals surface area contributed by atoms with E-state index in [9.17, 15) is 13.5 Å². The summed E-state index contributed by atoms with van der Waals surface area (Å²) in [6, 6.07) is 4.98. The normalized spacial score (nSPS) is 25.2. The molecular formula is C23H36N2O4S.